The van der Waals surface area contributed by atoms with E-state index in [1.54, 1.807) is 0 Å². The summed E-state index contributed by atoms with van der Waals surface area (Å²) in [6.07, 6.45) is 60.7. The van der Waals surface area contributed by atoms with Gasteiger partial charge in [-0.2, -0.15) is 0 Å². The van der Waals surface area contributed by atoms with Crippen LogP contribution in [0.5, 0.6) is 0 Å². The Hall–Kier alpha value is -1.10. The highest BCUT2D eigenvalue weighted by Gasteiger charge is 2.16. The summed E-state index contributed by atoms with van der Waals surface area (Å²) in [4.78, 5) is 24.5. The Labute approximate surface area is 369 Å². The molecule has 5 heteroatoms. The van der Waals surface area contributed by atoms with Crippen molar-refractivity contribution in [3.05, 3.63) is 0 Å². The third kappa shape index (κ3) is 49.4. The largest absolute Gasteiger partial charge is 0.462 e. The second kappa shape index (κ2) is 51.3. The van der Waals surface area contributed by atoms with E-state index < -0.39 is 6.10 Å². The van der Waals surface area contributed by atoms with Crippen molar-refractivity contribution in [3.63, 3.8) is 0 Å². The van der Waals surface area contributed by atoms with Crippen LogP contribution in [0.3, 0.4) is 0 Å². The number of unbranched alkanes of at least 4 members (excludes halogenated alkanes) is 43. The fourth-order valence-corrected chi connectivity index (χ4v) is 8.56. The van der Waals surface area contributed by atoms with Gasteiger partial charge in [-0.25, -0.2) is 0 Å². The van der Waals surface area contributed by atoms with E-state index in [2.05, 4.69) is 13.8 Å². The molecule has 0 aliphatic heterocycles. The summed E-state index contributed by atoms with van der Waals surface area (Å²) < 4.78 is 10.7. The smallest absolute Gasteiger partial charge is 0.306 e. The second-order valence-corrected chi connectivity index (χ2v) is 18.7. The van der Waals surface area contributed by atoms with Gasteiger partial charge in [0.1, 0.15) is 6.61 Å². The first-order valence-electron chi connectivity index (χ1n) is 27.1. The molecule has 0 saturated heterocycles. The van der Waals surface area contributed by atoms with E-state index in [1.165, 1.54) is 257 Å². The predicted octanol–water partition coefficient (Wildman–Crippen LogP) is 17.8. The van der Waals surface area contributed by atoms with Crippen molar-refractivity contribution in [2.45, 2.75) is 322 Å². The van der Waals surface area contributed by atoms with Crippen LogP contribution in [0.1, 0.15) is 316 Å². The van der Waals surface area contributed by atoms with Crippen molar-refractivity contribution < 1.29 is 24.2 Å². The zero-order valence-corrected chi connectivity index (χ0v) is 40.3. The molecule has 0 radical (unpaired) electrons. The molecule has 0 aliphatic rings. The molecular weight excluding hydrogens is 729 g/mol. The molecule has 0 spiro atoms. The average Bonchev–Trinajstić information content (AvgIpc) is 3.24. The first-order valence-corrected chi connectivity index (χ1v) is 27.1. The molecule has 1 N–H and O–H groups in total. The van der Waals surface area contributed by atoms with E-state index in [0.29, 0.717) is 12.8 Å². The molecule has 0 rings (SSSR count). The lowest BCUT2D eigenvalue weighted by molar-refractivity contribution is -0.161. The average molecular weight is 835 g/mol. The number of hydrogen-bond donors (Lipinski definition) is 1. The second-order valence-electron chi connectivity index (χ2n) is 18.7. The predicted molar refractivity (Wildman–Crippen MR) is 256 cm³/mol. The van der Waals surface area contributed by atoms with Crippen LogP contribution >= 0.6 is 0 Å². The van der Waals surface area contributed by atoms with Crippen LogP contribution in [0.25, 0.3) is 0 Å². The van der Waals surface area contributed by atoms with E-state index >= 15 is 0 Å². The van der Waals surface area contributed by atoms with Crippen LogP contribution in [0, 0.1) is 0 Å². The third-order valence-corrected chi connectivity index (χ3v) is 12.7. The fourth-order valence-electron chi connectivity index (χ4n) is 8.56. The van der Waals surface area contributed by atoms with Gasteiger partial charge >= 0.3 is 11.9 Å². The normalized spacial score (nSPS) is 12.0. The maximum atomic E-state index is 12.3. The van der Waals surface area contributed by atoms with Gasteiger partial charge < -0.3 is 14.6 Å². The van der Waals surface area contributed by atoms with Crippen LogP contribution in [0.2, 0.25) is 0 Å². The molecule has 59 heavy (non-hydrogen) atoms. The Bertz CT molecular complexity index is 815. The highest BCUT2D eigenvalue weighted by atomic mass is 16.6. The van der Waals surface area contributed by atoms with E-state index in [0.717, 1.165) is 32.1 Å². The molecule has 0 aromatic heterocycles. The number of esters is 2. The molecule has 0 heterocycles. The summed E-state index contributed by atoms with van der Waals surface area (Å²) in [6.45, 7) is 4.20. The first-order chi connectivity index (χ1) is 29.1. The van der Waals surface area contributed by atoms with Crippen molar-refractivity contribution in [1.29, 1.82) is 0 Å². The van der Waals surface area contributed by atoms with Gasteiger partial charge in [0.15, 0.2) is 6.10 Å². The standard InChI is InChI=1S/C54H106O5/c1-3-5-7-9-11-13-15-17-19-21-23-24-25-26-27-28-29-31-33-35-37-39-41-43-45-47-49-54(57)59-52(50-55)51-58-53(56)48-46-44-42-40-38-36-34-32-30-22-20-18-16-14-12-10-8-6-4-2/h52,55H,3-51H2,1-2H3. The highest BCUT2D eigenvalue weighted by molar-refractivity contribution is 5.70. The minimum absolute atomic E-state index is 0.0558. The van der Waals surface area contributed by atoms with E-state index in [-0.39, 0.29) is 25.2 Å². The van der Waals surface area contributed by atoms with Crippen molar-refractivity contribution >= 4 is 11.9 Å². The summed E-state index contributed by atoms with van der Waals surface area (Å²) in [7, 11) is 0. The van der Waals surface area contributed by atoms with Crippen molar-refractivity contribution in [1.82, 2.24) is 0 Å². The SMILES string of the molecule is CCCCCCCCCCCCCCCCCCCCCCCCCCCCC(=O)OC(CO)COC(=O)CCCCCCCCCCCCCCCCCCCCC. The van der Waals surface area contributed by atoms with Crippen molar-refractivity contribution in [2.75, 3.05) is 13.2 Å². The minimum Gasteiger partial charge on any atom is -0.462 e. The van der Waals surface area contributed by atoms with E-state index in [4.69, 9.17) is 9.47 Å². The number of ether oxygens (including phenoxy) is 2. The number of carbonyl (C=O) groups is 2. The van der Waals surface area contributed by atoms with E-state index in [9.17, 15) is 14.7 Å². The third-order valence-electron chi connectivity index (χ3n) is 12.7. The molecule has 0 saturated carbocycles. The van der Waals surface area contributed by atoms with Gasteiger partial charge in [0.2, 0.25) is 0 Å². The van der Waals surface area contributed by atoms with Crippen LogP contribution in [0.15, 0.2) is 0 Å². The molecule has 0 fully saturated rings. The van der Waals surface area contributed by atoms with Gasteiger partial charge in [-0.05, 0) is 12.8 Å². The zero-order chi connectivity index (χ0) is 42.8. The Morgan fingerprint density at radius 2 is 0.525 bits per heavy atom. The Kier molecular flexibility index (Phi) is 50.3. The first kappa shape index (κ1) is 57.9. The molecule has 0 bridgehead atoms. The van der Waals surface area contributed by atoms with Crippen LogP contribution in [0.4, 0.5) is 0 Å². The van der Waals surface area contributed by atoms with Gasteiger partial charge in [-0.1, -0.05) is 290 Å². The number of aliphatic hydroxyl groups is 1. The van der Waals surface area contributed by atoms with Gasteiger partial charge in [-0.15, -0.1) is 0 Å². The molecular formula is C54H106O5. The molecule has 352 valence electrons. The molecule has 0 aromatic rings. The summed E-state index contributed by atoms with van der Waals surface area (Å²) >= 11 is 0. The van der Waals surface area contributed by atoms with Crippen molar-refractivity contribution in [3.8, 4) is 0 Å². The summed E-state index contributed by atoms with van der Waals surface area (Å²) in [5, 5.41) is 9.63. The summed E-state index contributed by atoms with van der Waals surface area (Å²) in [6, 6.07) is 0. The van der Waals surface area contributed by atoms with Crippen LogP contribution in [-0.4, -0.2) is 36.4 Å². The Morgan fingerprint density at radius 1 is 0.322 bits per heavy atom. The highest BCUT2D eigenvalue weighted by Crippen LogP contribution is 2.18. The molecule has 1 unspecified atom stereocenters. The fraction of sp³-hybridized carbons (Fsp3) is 0.963. The van der Waals surface area contributed by atoms with Crippen LogP contribution in [-0.2, 0) is 19.1 Å². The molecule has 0 aromatic carbocycles. The minimum atomic E-state index is -0.763. The lowest BCUT2D eigenvalue weighted by atomic mass is 10.0. The lowest BCUT2D eigenvalue weighted by Crippen LogP contribution is -2.28. The topological polar surface area (TPSA) is 72.8 Å². The van der Waals surface area contributed by atoms with Crippen LogP contribution < -0.4 is 0 Å². The molecule has 1 atom stereocenters. The quantitative estimate of drug-likeness (QED) is 0.0488. The maximum Gasteiger partial charge on any atom is 0.306 e. The zero-order valence-electron chi connectivity index (χ0n) is 40.3. The molecule has 0 aliphatic carbocycles. The molecule has 5 nitrogen and oxygen atoms in total. The monoisotopic (exact) mass is 835 g/mol. The van der Waals surface area contributed by atoms with Crippen molar-refractivity contribution in [2.24, 2.45) is 0 Å². The number of aliphatic hydroxyl groups excluding tert-OH is 1. The Balaban J connectivity index is 3.40. The molecule has 0 amide bonds. The lowest BCUT2D eigenvalue weighted by Gasteiger charge is -2.15. The van der Waals surface area contributed by atoms with Gasteiger partial charge in [-0.3, -0.25) is 9.59 Å². The summed E-state index contributed by atoms with van der Waals surface area (Å²) in [5.74, 6) is -0.565. The summed E-state index contributed by atoms with van der Waals surface area (Å²) in [5.41, 5.74) is 0. The maximum absolute atomic E-state index is 12.3. The van der Waals surface area contributed by atoms with Gasteiger partial charge in [0, 0.05) is 12.8 Å². The van der Waals surface area contributed by atoms with E-state index in [1.807, 2.05) is 0 Å². The van der Waals surface area contributed by atoms with Gasteiger partial charge in [0.05, 0.1) is 6.61 Å². The van der Waals surface area contributed by atoms with Gasteiger partial charge in [0.25, 0.3) is 0 Å². The Morgan fingerprint density at radius 3 is 0.746 bits per heavy atom. The number of rotatable bonds is 51. The number of carbonyl (C=O) groups excluding carboxylic acids is 2. The number of hydrogen-bond acceptors (Lipinski definition) is 5.